The van der Waals surface area contributed by atoms with Gasteiger partial charge < -0.3 is 20.1 Å². The first-order valence-corrected chi connectivity index (χ1v) is 16.8. The second kappa shape index (κ2) is 29.7. The van der Waals surface area contributed by atoms with Crippen LogP contribution in [-0.4, -0.2) is 49.9 Å². The van der Waals surface area contributed by atoms with Gasteiger partial charge in [-0.2, -0.15) is 0 Å². The Morgan fingerprint density at radius 3 is 1.93 bits per heavy atom. The summed E-state index contributed by atoms with van der Waals surface area (Å²) in [6.07, 6.45) is 33.4. The molecule has 0 rings (SSSR count). The monoisotopic (exact) mass is 597 g/mol. The Morgan fingerprint density at radius 1 is 0.756 bits per heavy atom. The molecule has 0 heterocycles. The highest BCUT2D eigenvalue weighted by Crippen LogP contribution is 2.43. The van der Waals surface area contributed by atoms with Crippen molar-refractivity contribution in [3.8, 4) is 0 Å². The van der Waals surface area contributed by atoms with Crippen LogP contribution in [0.2, 0.25) is 0 Å². The van der Waals surface area contributed by atoms with Crippen molar-refractivity contribution in [3.63, 3.8) is 0 Å². The number of unbranched alkanes of at least 4 members (excludes halogenated alkanes) is 5. The molecule has 41 heavy (non-hydrogen) atoms. The van der Waals surface area contributed by atoms with Crippen LogP contribution in [0, 0.1) is 0 Å². The van der Waals surface area contributed by atoms with Gasteiger partial charge in [0.1, 0.15) is 6.10 Å². The maximum atomic E-state index is 12.0. The zero-order valence-electron chi connectivity index (χ0n) is 25.5. The summed E-state index contributed by atoms with van der Waals surface area (Å²) in [5.41, 5.74) is 5.28. The molecule has 236 valence electrons. The number of esters is 1. The third kappa shape index (κ3) is 29.5. The second-order valence-electron chi connectivity index (χ2n) is 9.59. The molecule has 0 aromatic heterocycles. The molecule has 8 nitrogen and oxygen atoms in total. The maximum absolute atomic E-state index is 12.0. The van der Waals surface area contributed by atoms with Crippen molar-refractivity contribution in [1.82, 2.24) is 0 Å². The Hall–Kier alpha value is -1.80. The summed E-state index contributed by atoms with van der Waals surface area (Å²) in [5, 5.41) is 0. The minimum atomic E-state index is -4.25. The molecule has 0 aromatic carbocycles. The van der Waals surface area contributed by atoms with Crippen molar-refractivity contribution in [2.75, 3.05) is 33.0 Å². The van der Waals surface area contributed by atoms with Gasteiger partial charge in [0.05, 0.1) is 19.8 Å². The third-order valence-electron chi connectivity index (χ3n) is 5.70. The highest BCUT2D eigenvalue weighted by Gasteiger charge is 2.25. The molecule has 0 aliphatic carbocycles. The van der Waals surface area contributed by atoms with Gasteiger partial charge >= 0.3 is 13.8 Å². The lowest BCUT2D eigenvalue weighted by atomic mass is 10.1. The van der Waals surface area contributed by atoms with Crippen LogP contribution in [0.1, 0.15) is 97.3 Å². The molecule has 9 heteroatoms. The molecule has 0 aromatic rings. The summed E-state index contributed by atoms with van der Waals surface area (Å²) in [4.78, 5) is 21.7. The predicted molar refractivity (Wildman–Crippen MR) is 169 cm³/mol. The zero-order chi connectivity index (χ0) is 30.3. The largest absolute Gasteiger partial charge is 0.472 e. The number of hydrogen-bond acceptors (Lipinski definition) is 7. The molecular weight excluding hydrogens is 541 g/mol. The van der Waals surface area contributed by atoms with Crippen molar-refractivity contribution in [3.05, 3.63) is 60.8 Å². The van der Waals surface area contributed by atoms with Gasteiger partial charge in [0.15, 0.2) is 0 Å². The highest BCUT2D eigenvalue weighted by molar-refractivity contribution is 7.47. The Morgan fingerprint density at radius 2 is 1.34 bits per heavy atom. The number of allylic oxidation sites excluding steroid dienone is 10. The number of carbonyl (C=O) groups is 1. The van der Waals surface area contributed by atoms with E-state index in [1.54, 1.807) is 0 Å². The number of carbonyl (C=O) groups excluding carboxylic acids is 1. The summed E-state index contributed by atoms with van der Waals surface area (Å²) >= 11 is 0. The van der Waals surface area contributed by atoms with Crippen LogP contribution in [0.25, 0.3) is 0 Å². The van der Waals surface area contributed by atoms with Crippen LogP contribution in [-0.2, 0) is 27.9 Å². The van der Waals surface area contributed by atoms with Crippen LogP contribution >= 0.6 is 7.82 Å². The minimum absolute atomic E-state index is 0.0920. The third-order valence-corrected chi connectivity index (χ3v) is 6.68. The first-order valence-electron chi connectivity index (χ1n) is 15.3. The Bertz CT molecular complexity index is 808. The smallest absolute Gasteiger partial charge is 0.457 e. The summed E-state index contributed by atoms with van der Waals surface area (Å²) in [5.74, 6) is -0.380. The zero-order valence-corrected chi connectivity index (χ0v) is 26.4. The fraction of sp³-hybridized carbons (Fsp3) is 0.656. The molecule has 0 fully saturated rings. The molecule has 0 amide bonds. The van der Waals surface area contributed by atoms with Gasteiger partial charge in [-0.1, -0.05) is 93.9 Å². The number of hydrogen-bond donors (Lipinski definition) is 2. The lowest BCUT2D eigenvalue weighted by Crippen LogP contribution is -2.28. The molecule has 0 aliphatic rings. The molecule has 0 saturated heterocycles. The highest BCUT2D eigenvalue weighted by atomic mass is 31.2. The molecule has 2 unspecified atom stereocenters. The number of ether oxygens (including phenoxy) is 2. The molecular formula is C32H56NO7P. The van der Waals surface area contributed by atoms with E-state index in [1.807, 2.05) is 6.92 Å². The molecule has 2 atom stereocenters. The Kier molecular flexibility index (Phi) is 28.4. The number of phosphoric acid groups is 1. The van der Waals surface area contributed by atoms with Crippen molar-refractivity contribution in [2.45, 2.75) is 103 Å². The van der Waals surface area contributed by atoms with Crippen LogP contribution in [0.15, 0.2) is 60.8 Å². The van der Waals surface area contributed by atoms with Crippen LogP contribution < -0.4 is 5.73 Å². The van der Waals surface area contributed by atoms with Crippen LogP contribution in [0.4, 0.5) is 0 Å². The van der Waals surface area contributed by atoms with Crippen molar-refractivity contribution in [1.29, 1.82) is 0 Å². The molecule has 0 saturated carbocycles. The summed E-state index contributed by atoms with van der Waals surface area (Å²) in [7, 11) is -4.25. The molecule has 0 bridgehead atoms. The second-order valence-corrected chi connectivity index (χ2v) is 11.0. The van der Waals surface area contributed by atoms with E-state index in [2.05, 4.69) is 67.7 Å². The van der Waals surface area contributed by atoms with E-state index >= 15 is 0 Å². The number of phosphoric ester groups is 1. The lowest BCUT2D eigenvalue weighted by Gasteiger charge is -2.20. The summed E-state index contributed by atoms with van der Waals surface area (Å²) < 4.78 is 32.6. The predicted octanol–water partition coefficient (Wildman–Crippen LogP) is 7.90. The maximum Gasteiger partial charge on any atom is 0.472 e. The first kappa shape index (κ1) is 39.2. The van der Waals surface area contributed by atoms with E-state index in [9.17, 15) is 14.3 Å². The van der Waals surface area contributed by atoms with Gasteiger partial charge in [0.25, 0.3) is 0 Å². The fourth-order valence-electron chi connectivity index (χ4n) is 3.47. The quantitative estimate of drug-likeness (QED) is 0.0404. The van der Waals surface area contributed by atoms with Crippen LogP contribution in [0.3, 0.4) is 0 Å². The average molecular weight is 598 g/mol. The molecule has 3 N–H and O–H groups in total. The van der Waals surface area contributed by atoms with Crippen molar-refractivity contribution >= 4 is 13.8 Å². The van der Waals surface area contributed by atoms with E-state index in [0.717, 1.165) is 70.6 Å². The molecule has 0 radical (unpaired) electrons. The van der Waals surface area contributed by atoms with Crippen molar-refractivity contribution < 1.29 is 32.8 Å². The first-order chi connectivity index (χ1) is 19.9. The van der Waals surface area contributed by atoms with E-state index in [4.69, 9.17) is 24.3 Å². The summed E-state index contributed by atoms with van der Waals surface area (Å²) in [6, 6.07) is 0. The molecule has 0 spiro atoms. The van der Waals surface area contributed by atoms with Gasteiger partial charge in [-0.05, 0) is 57.8 Å². The topological polar surface area (TPSA) is 117 Å². The SMILES string of the molecule is CC/C=C\C/C=C\C/C=C\C/C=C\C/C=C\CCCCCCOCC(COP(=O)(O)OCCN)OC(=O)CCCC. The van der Waals surface area contributed by atoms with E-state index < -0.39 is 13.9 Å². The van der Waals surface area contributed by atoms with Gasteiger partial charge in [-0.15, -0.1) is 0 Å². The minimum Gasteiger partial charge on any atom is -0.457 e. The lowest BCUT2D eigenvalue weighted by molar-refractivity contribution is -0.154. The fourth-order valence-corrected chi connectivity index (χ4v) is 4.23. The standard InChI is InChI=1S/C32H56NO7P/c1-3-5-7-8-9-10-11-12-13-14-15-16-17-18-19-20-21-22-23-24-27-37-29-31(40-32(34)25-6-4-2)30-39-41(35,36)38-28-26-33/h5,7,9-10,12-13,15-16,18-19,31H,3-4,6,8,11,14,17,20-30,33H2,1-2H3,(H,35,36)/b7-5-,10-9-,13-12-,16-15-,19-18-. The van der Waals surface area contributed by atoms with Gasteiger partial charge in [0.2, 0.25) is 0 Å². The van der Waals surface area contributed by atoms with Crippen LogP contribution in [0.5, 0.6) is 0 Å². The number of rotatable bonds is 28. The Labute approximate surface area is 249 Å². The van der Waals surface area contributed by atoms with E-state index in [1.165, 1.54) is 0 Å². The van der Waals surface area contributed by atoms with Gasteiger partial charge in [-0.25, -0.2) is 4.57 Å². The molecule has 0 aliphatic heterocycles. The Balaban J connectivity index is 3.94. The number of nitrogens with two attached hydrogens (primary N) is 1. The summed E-state index contributed by atoms with van der Waals surface area (Å²) in [6.45, 7) is 4.44. The van der Waals surface area contributed by atoms with E-state index in [-0.39, 0.29) is 38.8 Å². The van der Waals surface area contributed by atoms with E-state index in [0.29, 0.717) is 13.0 Å². The average Bonchev–Trinajstić information content (AvgIpc) is 2.96. The van der Waals surface area contributed by atoms with Gasteiger partial charge in [-0.3, -0.25) is 13.8 Å². The normalized spacial score (nSPS) is 14.7. The van der Waals surface area contributed by atoms with Gasteiger partial charge in [0, 0.05) is 19.6 Å². The van der Waals surface area contributed by atoms with Crippen molar-refractivity contribution in [2.24, 2.45) is 5.73 Å².